The van der Waals surface area contributed by atoms with Crippen LogP contribution >= 0.6 is 0 Å². The number of nitrogens with zero attached hydrogens (tertiary/aromatic N) is 3. The van der Waals surface area contributed by atoms with E-state index < -0.39 is 0 Å². The molecule has 2 aromatic heterocycles. The smallest absolute Gasteiger partial charge is 0.227 e. The molecule has 1 saturated heterocycles. The molecular formula is C23H25N5O2. The summed E-state index contributed by atoms with van der Waals surface area (Å²) in [6, 6.07) is 10.1. The Labute approximate surface area is 175 Å². The standard InChI is InChI=1S/C23H25N5O2/c1-15-3-5-17(6-4-15)19-12-25-23(26-13-19)27-20-11-21(16(2)24-14-20)28-22(29)18-7-9-30-10-8-18/h3-6,11-14,18H,7-10H2,1-2H3,(H,28,29)(H,25,26,27). The van der Waals surface area contributed by atoms with E-state index in [-0.39, 0.29) is 11.8 Å². The average molecular weight is 403 g/mol. The number of amides is 1. The Morgan fingerprint density at radius 3 is 2.37 bits per heavy atom. The molecule has 7 nitrogen and oxygen atoms in total. The van der Waals surface area contributed by atoms with Crippen LogP contribution in [0.15, 0.2) is 48.9 Å². The van der Waals surface area contributed by atoms with Gasteiger partial charge in [-0.05, 0) is 38.3 Å². The number of carbonyl (C=O) groups is 1. The summed E-state index contributed by atoms with van der Waals surface area (Å²) in [6.07, 6.45) is 6.77. The molecule has 1 aromatic carbocycles. The number of anilines is 3. The molecule has 1 aliphatic heterocycles. The number of benzene rings is 1. The van der Waals surface area contributed by atoms with E-state index in [4.69, 9.17) is 4.74 Å². The number of hydrogen-bond acceptors (Lipinski definition) is 6. The highest BCUT2D eigenvalue weighted by Crippen LogP contribution is 2.24. The van der Waals surface area contributed by atoms with Gasteiger partial charge in [0.25, 0.3) is 0 Å². The lowest BCUT2D eigenvalue weighted by Gasteiger charge is -2.21. The van der Waals surface area contributed by atoms with Crippen molar-refractivity contribution in [1.82, 2.24) is 15.0 Å². The summed E-state index contributed by atoms with van der Waals surface area (Å²) >= 11 is 0. The zero-order valence-electron chi connectivity index (χ0n) is 17.2. The quantitative estimate of drug-likeness (QED) is 0.662. The maximum atomic E-state index is 12.5. The van der Waals surface area contributed by atoms with Gasteiger partial charge in [0.05, 0.1) is 23.3 Å². The number of aryl methyl sites for hydroxylation is 2. The topological polar surface area (TPSA) is 89.0 Å². The number of nitrogens with one attached hydrogen (secondary N) is 2. The third-order valence-corrected chi connectivity index (χ3v) is 5.23. The first kappa shape index (κ1) is 20.0. The molecule has 2 N–H and O–H groups in total. The van der Waals surface area contributed by atoms with Crippen LogP contribution in [0.25, 0.3) is 11.1 Å². The van der Waals surface area contributed by atoms with Crippen LogP contribution in [0.5, 0.6) is 0 Å². The first-order valence-corrected chi connectivity index (χ1v) is 10.1. The zero-order chi connectivity index (χ0) is 20.9. The highest BCUT2D eigenvalue weighted by atomic mass is 16.5. The first-order valence-electron chi connectivity index (χ1n) is 10.1. The summed E-state index contributed by atoms with van der Waals surface area (Å²) in [4.78, 5) is 25.7. The normalized spacial score (nSPS) is 14.3. The molecule has 30 heavy (non-hydrogen) atoms. The lowest BCUT2D eigenvalue weighted by Crippen LogP contribution is -2.28. The van der Waals surface area contributed by atoms with Crippen molar-refractivity contribution in [3.8, 4) is 11.1 Å². The van der Waals surface area contributed by atoms with E-state index in [0.29, 0.717) is 30.5 Å². The Bertz CT molecular complexity index is 1010. The van der Waals surface area contributed by atoms with Crippen molar-refractivity contribution < 1.29 is 9.53 Å². The third-order valence-electron chi connectivity index (χ3n) is 5.23. The Morgan fingerprint density at radius 2 is 1.67 bits per heavy atom. The van der Waals surface area contributed by atoms with Gasteiger partial charge in [-0.3, -0.25) is 9.78 Å². The molecule has 0 bridgehead atoms. The molecule has 0 aliphatic carbocycles. The van der Waals surface area contributed by atoms with Crippen LogP contribution < -0.4 is 10.6 Å². The molecular weight excluding hydrogens is 378 g/mol. The summed E-state index contributed by atoms with van der Waals surface area (Å²) in [5.41, 5.74) is 5.40. The molecule has 4 rings (SSSR count). The fraction of sp³-hybridized carbons (Fsp3) is 0.304. The number of rotatable bonds is 5. The van der Waals surface area contributed by atoms with E-state index in [1.54, 1.807) is 18.6 Å². The van der Waals surface area contributed by atoms with Gasteiger partial charge < -0.3 is 15.4 Å². The highest BCUT2D eigenvalue weighted by molar-refractivity contribution is 5.93. The maximum absolute atomic E-state index is 12.5. The van der Waals surface area contributed by atoms with Crippen LogP contribution in [0.3, 0.4) is 0 Å². The molecule has 0 spiro atoms. The third kappa shape index (κ3) is 4.80. The molecule has 0 saturated carbocycles. The second-order valence-electron chi connectivity index (χ2n) is 7.52. The van der Waals surface area contributed by atoms with E-state index in [9.17, 15) is 4.79 Å². The minimum atomic E-state index is -0.0209. The average Bonchev–Trinajstić information content (AvgIpc) is 2.78. The van der Waals surface area contributed by atoms with Crippen molar-refractivity contribution in [1.29, 1.82) is 0 Å². The fourth-order valence-electron chi connectivity index (χ4n) is 3.34. The number of carbonyl (C=O) groups excluding carboxylic acids is 1. The summed E-state index contributed by atoms with van der Waals surface area (Å²) in [7, 11) is 0. The molecule has 0 unspecified atom stereocenters. The highest BCUT2D eigenvalue weighted by Gasteiger charge is 2.22. The van der Waals surface area contributed by atoms with E-state index in [2.05, 4.69) is 56.8 Å². The van der Waals surface area contributed by atoms with Crippen LogP contribution in [0.1, 0.15) is 24.1 Å². The van der Waals surface area contributed by atoms with Crippen LogP contribution in [-0.4, -0.2) is 34.1 Å². The van der Waals surface area contributed by atoms with E-state index in [1.807, 2.05) is 13.0 Å². The van der Waals surface area contributed by atoms with Gasteiger partial charge in [-0.25, -0.2) is 9.97 Å². The van der Waals surface area contributed by atoms with Gasteiger partial charge in [0.2, 0.25) is 11.9 Å². The van der Waals surface area contributed by atoms with Crippen molar-refractivity contribution in [2.45, 2.75) is 26.7 Å². The van der Waals surface area contributed by atoms with E-state index >= 15 is 0 Å². The molecule has 154 valence electrons. The number of pyridine rings is 1. The first-order chi connectivity index (χ1) is 14.6. The summed E-state index contributed by atoms with van der Waals surface area (Å²) in [6.45, 7) is 5.19. The van der Waals surface area contributed by atoms with Crippen LogP contribution in [0.4, 0.5) is 17.3 Å². The molecule has 1 aliphatic rings. The van der Waals surface area contributed by atoms with Crippen LogP contribution in [0, 0.1) is 19.8 Å². The van der Waals surface area contributed by atoms with Gasteiger partial charge in [0, 0.05) is 37.1 Å². The largest absolute Gasteiger partial charge is 0.381 e. The SMILES string of the molecule is Cc1ccc(-c2cnc(Nc3cnc(C)c(NC(=O)C4CCOCC4)c3)nc2)cc1. The van der Waals surface area contributed by atoms with E-state index in [0.717, 1.165) is 29.7 Å². The molecule has 3 aromatic rings. The predicted octanol–water partition coefficient (Wildman–Crippen LogP) is 4.26. The van der Waals surface area contributed by atoms with Crippen molar-refractivity contribution >= 4 is 23.2 Å². The molecule has 0 radical (unpaired) electrons. The summed E-state index contributed by atoms with van der Waals surface area (Å²) in [5, 5.41) is 6.16. The Kier molecular flexibility index (Phi) is 5.99. The predicted molar refractivity (Wildman–Crippen MR) is 117 cm³/mol. The minimum absolute atomic E-state index is 0.0130. The Balaban J connectivity index is 1.45. The fourth-order valence-corrected chi connectivity index (χ4v) is 3.34. The summed E-state index contributed by atoms with van der Waals surface area (Å²) < 4.78 is 5.33. The zero-order valence-corrected chi connectivity index (χ0v) is 17.2. The van der Waals surface area contributed by atoms with Crippen molar-refractivity contribution in [2.24, 2.45) is 5.92 Å². The van der Waals surface area contributed by atoms with Gasteiger partial charge in [-0.2, -0.15) is 0 Å². The second-order valence-corrected chi connectivity index (χ2v) is 7.52. The van der Waals surface area contributed by atoms with Gasteiger partial charge >= 0.3 is 0 Å². The molecule has 1 amide bonds. The number of aromatic nitrogens is 3. The van der Waals surface area contributed by atoms with Gasteiger partial charge in [-0.15, -0.1) is 0 Å². The second kappa shape index (κ2) is 9.00. The Hall–Kier alpha value is -3.32. The van der Waals surface area contributed by atoms with Crippen molar-refractivity contribution in [2.75, 3.05) is 23.8 Å². The molecule has 1 fully saturated rings. The number of hydrogen-bond donors (Lipinski definition) is 2. The monoisotopic (exact) mass is 403 g/mol. The maximum Gasteiger partial charge on any atom is 0.227 e. The van der Waals surface area contributed by atoms with Crippen LogP contribution in [-0.2, 0) is 9.53 Å². The molecule has 3 heterocycles. The van der Waals surface area contributed by atoms with E-state index in [1.165, 1.54) is 5.56 Å². The lowest BCUT2D eigenvalue weighted by molar-refractivity contribution is -0.122. The van der Waals surface area contributed by atoms with Crippen molar-refractivity contribution in [3.63, 3.8) is 0 Å². The Morgan fingerprint density at radius 1 is 0.967 bits per heavy atom. The molecule has 7 heteroatoms. The number of ether oxygens (including phenoxy) is 1. The minimum Gasteiger partial charge on any atom is -0.381 e. The van der Waals surface area contributed by atoms with Crippen molar-refractivity contribution in [3.05, 3.63) is 60.2 Å². The molecule has 0 atom stereocenters. The van der Waals surface area contributed by atoms with Crippen LogP contribution in [0.2, 0.25) is 0 Å². The van der Waals surface area contributed by atoms with Gasteiger partial charge in [-0.1, -0.05) is 29.8 Å². The van der Waals surface area contributed by atoms with Gasteiger partial charge in [0.15, 0.2) is 0 Å². The lowest BCUT2D eigenvalue weighted by atomic mass is 9.99. The summed E-state index contributed by atoms with van der Waals surface area (Å²) in [5.74, 6) is 0.463. The van der Waals surface area contributed by atoms with Gasteiger partial charge in [0.1, 0.15) is 0 Å².